The summed E-state index contributed by atoms with van der Waals surface area (Å²) in [5.74, 6) is 0.858. The van der Waals surface area contributed by atoms with Gasteiger partial charge in [0.2, 0.25) is 5.91 Å². The van der Waals surface area contributed by atoms with Crippen molar-refractivity contribution in [2.45, 2.75) is 34.1 Å². The Hall–Kier alpha value is -2.73. The predicted molar refractivity (Wildman–Crippen MR) is 117 cm³/mol. The summed E-state index contributed by atoms with van der Waals surface area (Å²) in [6.45, 7) is 10.0. The van der Waals surface area contributed by atoms with E-state index in [4.69, 9.17) is 0 Å². The van der Waals surface area contributed by atoms with Crippen molar-refractivity contribution in [3.63, 3.8) is 0 Å². The number of carbonyl (C=O) groups is 1. The highest BCUT2D eigenvalue weighted by atomic mass is 32.1. The molecule has 0 spiro atoms. The van der Waals surface area contributed by atoms with Crippen LogP contribution in [0.5, 0.6) is 0 Å². The van der Waals surface area contributed by atoms with Crippen LogP contribution in [0.25, 0.3) is 11.3 Å². The molecule has 2 aromatic heterocycles. The lowest BCUT2D eigenvalue weighted by atomic mass is 10.1. The van der Waals surface area contributed by atoms with E-state index < -0.39 is 0 Å². The second-order valence-electron chi connectivity index (χ2n) is 6.67. The SMILES string of the molecule is CCN(CC)c1ccc(NC(=O)Cc2sc(C)nc2-c2ccc(C)cc2)cn1. The van der Waals surface area contributed by atoms with Crippen molar-refractivity contribution in [1.82, 2.24) is 9.97 Å². The molecule has 1 aromatic carbocycles. The second kappa shape index (κ2) is 8.97. The van der Waals surface area contributed by atoms with E-state index in [1.54, 1.807) is 17.5 Å². The van der Waals surface area contributed by atoms with Crippen LogP contribution in [-0.4, -0.2) is 29.0 Å². The highest BCUT2D eigenvalue weighted by Crippen LogP contribution is 2.29. The molecule has 28 heavy (non-hydrogen) atoms. The molecule has 0 aliphatic carbocycles. The first kappa shape index (κ1) is 20.0. The van der Waals surface area contributed by atoms with Gasteiger partial charge in [-0.1, -0.05) is 29.8 Å². The van der Waals surface area contributed by atoms with Crippen molar-refractivity contribution < 1.29 is 4.79 Å². The lowest BCUT2D eigenvalue weighted by Gasteiger charge is -2.19. The fraction of sp³-hybridized carbons (Fsp3) is 0.318. The normalized spacial score (nSPS) is 10.7. The molecule has 0 unspecified atom stereocenters. The van der Waals surface area contributed by atoms with Gasteiger partial charge in [-0.15, -0.1) is 11.3 Å². The van der Waals surface area contributed by atoms with Crippen molar-refractivity contribution in [3.05, 3.63) is 58.0 Å². The van der Waals surface area contributed by atoms with E-state index in [1.165, 1.54) is 5.56 Å². The van der Waals surface area contributed by atoms with Crippen LogP contribution in [-0.2, 0) is 11.2 Å². The molecule has 3 aromatic rings. The van der Waals surface area contributed by atoms with Gasteiger partial charge in [-0.3, -0.25) is 4.79 Å². The zero-order valence-electron chi connectivity index (χ0n) is 16.8. The first-order valence-electron chi connectivity index (χ1n) is 9.54. The standard InChI is InChI=1S/C22H26N4OS/c1-5-26(6-2)20-12-11-18(14-23-20)25-21(27)13-19-22(24-16(4)28-19)17-9-7-15(3)8-10-17/h7-12,14H,5-6,13H2,1-4H3,(H,25,27). The Balaban J connectivity index is 1.71. The maximum Gasteiger partial charge on any atom is 0.229 e. The van der Waals surface area contributed by atoms with Crippen molar-refractivity contribution in [1.29, 1.82) is 0 Å². The Kier molecular flexibility index (Phi) is 6.41. The second-order valence-corrected chi connectivity index (χ2v) is 7.96. The van der Waals surface area contributed by atoms with Gasteiger partial charge < -0.3 is 10.2 Å². The zero-order valence-corrected chi connectivity index (χ0v) is 17.6. The van der Waals surface area contributed by atoms with Gasteiger partial charge in [0.15, 0.2) is 0 Å². The van der Waals surface area contributed by atoms with Crippen molar-refractivity contribution in [2.24, 2.45) is 0 Å². The summed E-state index contributed by atoms with van der Waals surface area (Å²) in [5, 5.41) is 3.91. The Morgan fingerprint density at radius 3 is 2.39 bits per heavy atom. The van der Waals surface area contributed by atoms with Crippen LogP contribution in [0.4, 0.5) is 11.5 Å². The van der Waals surface area contributed by atoms with Crippen LogP contribution in [0.3, 0.4) is 0 Å². The van der Waals surface area contributed by atoms with Crippen LogP contribution in [0.2, 0.25) is 0 Å². The number of nitrogens with one attached hydrogen (secondary N) is 1. The molecular weight excluding hydrogens is 368 g/mol. The van der Waals surface area contributed by atoms with Gasteiger partial charge in [0.1, 0.15) is 5.82 Å². The number of nitrogens with zero attached hydrogens (tertiary/aromatic N) is 3. The lowest BCUT2D eigenvalue weighted by molar-refractivity contribution is -0.115. The van der Waals surface area contributed by atoms with Crippen molar-refractivity contribution in [3.8, 4) is 11.3 Å². The van der Waals surface area contributed by atoms with Gasteiger partial charge in [0.25, 0.3) is 0 Å². The summed E-state index contributed by atoms with van der Waals surface area (Å²) < 4.78 is 0. The average Bonchev–Trinajstić information content (AvgIpc) is 3.04. The smallest absolute Gasteiger partial charge is 0.229 e. The van der Waals surface area contributed by atoms with Crippen LogP contribution < -0.4 is 10.2 Å². The number of thiazole rings is 1. The van der Waals surface area contributed by atoms with E-state index in [9.17, 15) is 4.79 Å². The number of anilines is 2. The number of carbonyl (C=O) groups excluding carboxylic acids is 1. The van der Waals surface area contributed by atoms with E-state index in [2.05, 4.69) is 65.2 Å². The highest BCUT2D eigenvalue weighted by molar-refractivity contribution is 7.12. The summed E-state index contributed by atoms with van der Waals surface area (Å²) in [4.78, 5) is 24.8. The maximum absolute atomic E-state index is 12.6. The largest absolute Gasteiger partial charge is 0.357 e. The van der Waals surface area contributed by atoms with Crippen LogP contribution in [0.1, 0.15) is 29.3 Å². The first-order chi connectivity index (χ1) is 13.5. The third-order valence-electron chi connectivity index (χ3n) is 4.57. The molecule has 2 heterocycles. The Labute approximate surface area is 170 Å². The summed E-state index contributed by atoms with van der Waals surface area (Å²) in [6.07, 6.45) is 2.01. The van der Waals surface area contributed by atoms with Gasteiger partial charge in [0, 0.05) is 23.5 Å². The Morgan fingerprint density at radius 2 is 1.79 bits per heavy atom. The van der Waals surface area contributed by atoms with Crippen molar-refractivity contribution >= 4 is 28.7 Å². The fourth-order valence-corrected chi connectivity index (χ4v) is 4.03. The number of pyridine rings is 1. The minimum absolute atomic E-state index is 0.0607. The summed E-state index contributed by atoms with van der Waals surface area (Å²) in [5.41, 5.74) is 3.85. The third-order valence-corrected chi connectivity index (χ3v) is 5.54. The third kappa shape index (κ3) is 4.75. The summed E-state index contributed by atoms with van der Waals surface area (Å²) >= 11 is 1.57. The molecule has 0 aliphatic rings. The van der Waals surface area contributed by atoms with Crippen LogP contribution in [0, 0.1) is 13.8 Å². The molecule has 0 radical (unpaired) electrons. The number of aromatic nitrogens is 2. The van der Waals surface area contributed by atoms with E-state index in [0.29, 0.717) is 12.1 Å². The molecule has 0 atom stereocenters. The van der Waals surface area contributed by atoms with E-state index in [0.717, 1.165) is 40.0 Å². The molecule has 0 saturated heterocycles. The molecule has 146 valence electrons. The number of hydrogen-bond acceptors (Lipinski definition) is 5. The summed E-state index contributed by atoms with van der Waals surface area (Å²) in [6, 6.07) is 12.1. The topological polar surface area (TPSA) is 58.1 Å². The molecule has 5 nitrogen and oxygen atoms in total. The fourth-order valence-electron chi connectivity index (χ4n) is 3.07. The lowest BCUT2D eigenvalue weighted by Crippen LogP contribution is -2.23. The number of aryl methyl sites for hydroxylation is 2. The number of amides is 1. The Bertz CT molecular complexity index is 928. The van der Waals surface area contributed by atoms with Gasteiger partial charge >= 0.3 is 0 Å². The molecule has 1 N–H and O–H groups in total. The van der Waals surface area contributed by atoms with Gasteiger partial charge in [-0.2, -0.15) is 0 Å². The Morgan fingerprint density at radius 1 is 1.07 bits per heavy atom. The van der Waals surface area contributed by atoms with E-state index in [1.807, 2.05) is 19.1 Å². The predicted octanol–water partition coefficient (Wildman–Crippen LogP) is 4.85. The highest BCUT2D eigenvalue weighted by Gasteiger charge is 2.15. The van der Waals surface area contributed by atoms with Gasteiger partial charge in [-0.25, -0.2) is 9.97 Å². The molecular formula is C22H26N4OS. The van der Waals surface area contributed by atoms with Gasteiger partial charge in [-0.05, 0) is 39.8 Å². The molecule has 0 aliphatic heterocycles. The van der Waals surface area contributed by atoms with Crippen LogP contribution >= 0.6 is 11.3 Å². The molecule has 6 heteroatoms. The molecule has 1 amide bonds. The number of rotatable bonds is 7. The zero-order chi connectivity index (χ0) is 20.1. The average molecular weight is 395 g/mol. The minimum Gasteiger partial charge on any atom is -0.357 e. The number of benzene rings is 1. The molecule has 0 bridgehead atoms. The van der Waals surface area contributed by atoms with Gasteiger partial charge in [0.05, 0.1) is 29.0 Å². The summed E-state index contributed by atoms with van der Waals surface area (Å²) in [7, 11) is 0. The molecule has 3 rings (SSSR count). The monoisotopic (exact) mass is 394 g/mol. The van der Waals surface area contributed by atoms with Crippen molar-refractivity contribution in [2.75, 3.05) is 23.3 Å². The quantitative estimate of drug-likeness (QED) is 0.622. The molecule has 0 saturated carbocycles. The number of hydrogen-bond donors (Lipinski definition) is 1. The minimum atomic E-state index is -0.0607. The maximum atomic E-state index is 12.6. The molecule has 0 fully saturated rings. The van der Waals surface area contributed by atoms with E-state index in [-0.39, 0.29) is 5.91 Å². The van der Waals surface area contributed by atoms with Crippen LogP contribution in [0.15, 0.2) is 42.6 Å². The van der Waals surface area contributed by atoms with E-state index >= 15 is 0 Å². The first-order valence-corrected chi connectivity index (χ1v) is 10.4.